The fraction of sp³-hybridized carbons (Fsp3) is 0.524. The molecule has 1 aliphatic rings. The van der Waals surface area contributed by atoms with Gasteiger partial charge in [0.05, 0.1) is 5.69 Å². The number of nitrogens with zero attached hydrogens (tertiary/aromatic N) is 3. The Bertz CT molecular complexity index is 687. The molecule has 0 aliphatic heterocycles. The van der Waals surface area contributed by atoms with Gasteiger partial charge in [-0.1, -0.05) is 51.7 Å². The second kappa shape index (κ2) is 9.62. The Morgan fingerprint density at radius 3 is 2.54 bits per heavy atom. The number of amidine groups is 1. The molecule has 0 saturated heterocycles. The van der Waals surface area contributed by atoms with E-state index in [9.17, 15) is 4.39 Å². The van der Waals surface area contributed by atoms with Gasteiger partial charge in [-0.3, -0.25) is 5.01 Å². The Morgan fingerprint density at radius 2 is 1.92 bits per heavy atom. The summed E-state index contributed by atoms with van der Waals surface area (Å²) in [4.78, 5) is 8.95. The van der Waals surface area contributed by atoms with Crippen molar-refractivity contribution < 1.29 is 4.39 Å². The van der Waals surface area contributed by atoms with Gasteiger partial charge < -0.3 is 0 Å². The van der Waals surface area contributed by atoms with Crippen LogP contribution in [0.15, 0.2) is 40.6 Å². The molecule has 1 saturated carbocycles. The zero-order chi connectivity index (χ0) is 19.1. The van der Waals surface area contributed by atoms with Crippen molar-refractivity contribution in [2.75, 3.05) is 5.01 Å². The van der Waals surface area contributed by atoms with Crippen LogP contribution in [0.2, 0.25) is 0 Å². The predicted octanol–water partition coefficient (Wildman–Crippen LogP) is 5.39. The van der Waals surface area contributed by atoms with Crippen LogP contribution < -0.4 is 10.9 Å². The maximum atomic E-state index is 14.0. The first-order valence-corrected chi connectivity index (χ1v) is 9.52. The second-order valence-electron chi connectivity index (χ2n) is 7.13. The van der Waals surface area contributed by atoms with E-state index in [1.807, 2.05) is 13.8 Å². The molecule has 0 bridgehead atoms. The number of aryl methyl sites for hydroxylation is 1. The number of hydrazine groups is 1. The molecule has 2 N–H and O–H groups in total. The smallest absolute Gasteiger partial charge is 0.142 e. The fourth-order valence-corrected chi connectivity index (χ4v) is 3.52. The van der Waals surface area contributed by atoms with Crippen molar-refractivity contribution in [2.24, 2.45) is 21.7 Å². The minimum absolute atomic E-state index is 0.268. The quantitative estimate of drug-likeness (QED) is 0.321. The summed E-state index contributed by atoms with van der Waals surface area (Å²) in [5.74, 6) is 7.46. The lowest BCUT2D eigenvalue weighted by molar-refractivity contribution is 0.368. The summed E-state index contributed by atoms with van der Waals surface area (Å²) in [6, 6.07) is 4.92. The molecule has 4 nitrogen and oxygen atoms in total. The van der Waals surface area contributed by atoms with Crippen molar-refractivity contribution in [1.82, 2.24) is 0 Å². The summed E-state index contributed by atoms with van der Waals surface area (Å²) < 4.78 is 14.0. The van der Waals surface area contributed by atoms with Crippen LogP contribution in [0.3, 0.4) is 0 Å². The number of anilines is 1. The van der Waals surface area contributed by atoms with E-state index in [4.69, 9.17) is 5.84 Å². The van der Waals surface area contributed by atoms with Crippen LogP contribution in [0.4, 0.5) is 10.1 Å². The summed E-state index contributed by atoms with van der Waals surface area (Å²) in [5.41, 5.74) is 2.27. The number of hydrogen-bond donors (Lipinski definition) is 1. The molecule has 1 aromatic rings. The van der Waals surface area contributed by atoms with Gasteiger partial charge in [-0.2, -0.15) is 0 Å². The first-order chi connectivity index (χ1) is 12.4. The van der Waals surface area contributed by atoms with Crippen LogP contribution in [0.5, 0.6) is 0 Å². The average molecular weight is 359 g/mol. The van der Waals surface area contributed by atoms with Crippen molar-refractivity contribution in [3.63, 3.8) is 0 Å². The molecule has 0 atom stereocenters. The lowest BCUT2D eigenvalue weighted by atomic mass is 9.86. The molecule has 0 aromatic heterocycles. The number of nitrogens with two attached hydrogens (primary N) is 1. The highest BCUT2D eigenvalue weighted by atomic mass is 19.1. The SMILES string of the molecule is C=C(/N=C(/C)N=C(C)CC1CCCCC1)N(N)c1ccc(CC)c(F)c1. The van der Waals surface area contributed by atoms with Crippen LogP contribution in [-0.4, -0.2) is 11.5 Å². The lowest BCUT2D eigenvalue weighted by Crippen LogP contribution is -2.29. The molecule has 0 heterocycles. The Hall–Kier alpha value is -2.01. The predicted molar refractivity (Wildman–Crippen MR) is 109 cm³/mol. The topological polar surface area (TPSA) is 54.0 Å². The number of benzene rings is 1. The third kappa shape index (κ3) is 5.77. The molecule has 2 rings (SSSR count). The van der Waals surface area contributed by atoms with Gasteiger partial charge >= 0.3 is 0 Å². The zero-order valence-electron chi connectivity index (χ0n) is 16.3. The molecule has 1 fully saturated rings. The van der Waals surface area contributed by atoms with Gasteiger partial charge in [0.15, 0.2) is 0 Å². The van der Waals surface area contributed by atoms with E-state index in [1.165, 1.54) is 43.2 Å². The van der Waals surface area contributed by atoms with E-state index in [0.29, 0.717) is 29.3 Å². The minimum Gasteiger partial charge on any atom is -0.263 e. The van der Waals surface area contributed by atoms with Crippen molar-refractivity contribution in [1.29, 1.82) is 0 Å². The molecule has 1 aliphatic carbocycles. The summed E-state index contributed by atoms with van der Waals surface area (Å²) in [6.07, 6.45) is 8.28. The van der Waals surface area contributed by atoms with E-state index in [0.717, 1.165) is 18.1 Å². The molecule has 0 unspecified atom stereocenters. The van der Waals surface area contributed by atoms with E-state index in [1.54, 1.807) is 12.1 Å². The van der Waals surface area contributed by atoms with Gasteiger partial charge in [0.2, 0.25) is 0 Å². The molecule has 1 aromatic carbocycles. The molecular formula is C21H31FN4. The molecular weight excluding hydrogens is 327 g/mol. The van der Waals surface area contributed by atoms with Gasteiger partial charge in [0.1, 0.15) is 17.5 Å². The minimum atomic E-state index is -0.268. The van der Waals surface area contributed by atoms with E-state index < -0.39 is 0 Å². The van der Waals surface area contributed by atoms with Crippen LogP contribution in [0.25, 0.3) is 0 Å². The molecule has 0 amide bonds. The normalized spacial score (nSPS) is 16.7. The number of aliphatic imine (C=N–C) groups is 2. The fourth-order valence-electron chi connectivity index (χ4n) is 3.52. The summed E-state index contributed by atoms with van der Waals surface area (Å²) in [5, 5.41) is 1.29. The largest absolute Gasteiger partial charge is 0.263 e. The standard InChI is InChI=1S/C21H31FN4/c1-5-19-11-12-20(14-21(19)22)26(23)17(4)25-16(3)24-15(2)13-18-9-7-6-8-10-18/h11-12,14,18H,4-10,13,23H2,1-3H3/b24-15?,25-16-. The van der Waals surface area contributed by atoms with Crippen LogP contribution in [0.1, 0.15) is 64.9 Å². The monoisotopic (exact) mass is 358 g/mol. The zero-order valence-corrected chi connectivity index (χ0v) is 16.3. The average Bonchev–Trinajstić information content (AvgIpc) is 2.61. The van der Waals surface area contributed by atoms with Crippen molar-refractivity contribution in [2.45, 2.75) is 65.7 Å². The summed E-state index contributed by atoms with van der Waals surface area (Å²) in [7, 11) is 0. The Kier molecular flexibility index (Phi) is 7.51. The van der Waals surface area contributed by atoms with Crippen molar-refractivity contribution in [3.8, 4) is 0 Å². The lowest BCUT2D eigenvalue weighted by Gasteiger charge is -2.21. The van der Waals surface area contributed by atoms with Crippen LogP contribution in [0, 0.1) is 11.7 Å². The van der Waals surface area contributed by atoms with Crippen LogP contribution >= 0.6 is 0 Å². The van der Waals surface area contributed by atoms with E-state index in [2.05, 4.69) is 23.5 Å². The van der Waals surface area contributed by atoms with Gasteiger partial charge in [0.25, 0.3) is 0 Å². The maximum Gasteiger partial charge on any atom is 0.142 e. The molecule has 5 heteroatoms. The third-order valence-corrected chi connectivity index (χ3v) is 4.93. The summed E-state index contributed by atoms with van der Waals surface area (Å²) >= 11 is 0. The van der Waals surface area contributed by atoms with Gasteiger partial charge in [0, 0.05) is 5.71 Å². The molecule has 26 heavy (non-hydrogen) atoms. The van der Waals surface area contributed by atoms with Crippen molar-refractivity contribution in [3.05, 3.63) is 42.0 Å². The van der Waals surface area contributed by atoms with Gasteiger partial charge in [-0.05, 0) is 50.3 Å². The van der Waals surface area contributed by atoms with Crippen LogP contribution in [-0.2, 0) is 6.42 Å². The molecule has 0 radical (unpaired) electrons. The Balaban J connectivity index is 2.01. The highest BCUT2D eigenvalue weighted by molar-refractivity contribution is 5.96. The number of rotatable bonds is 6. The second-order valence-corrected chi connectivity index (χ2v) is 7.13. The highest BCUT2D eigenvalue weighted by Crippen LogP contribution is 2.26. The first-order valence-electron chi connectivity index (χ1n) is 9.52. The van der Waals surface area contributed by atoms with E-state index in [-0.39, 0.29) is 5.82 Å². The third-order valence-electron chi connectivity index (χ3n) is 4.93. The first kappa shape index (κ1) is 20.3. The number of hydrogen-bond acceptors (Lipinski definition) is 3. The summed E-state index contributed by atoms with van der Waals surface area (Å²) in [6.45, 7) is 9.69. The highest BCUT2D eigenvalue weighted by Gasteiger charge is 2.14. The van der Waals surface area contributed by atoms with Crippen molar-refractivity contribution >= 4 is 17.2 Å². The van der Waals surface area contributed by atoms with E-state index >= 15 is 0 Å². The maximum absolute atomic E-state index is 14.0. The van der Waals surface area contributed by atoms with Gasteiger partial charge in [-0.25, -0.2) is 20.2 Å². The van der Waals surface area contributed by atoms with Gasteiger partial charge in [-0.15, -0.1) is 0 Å². The Labute approximate surface area is 156 Å². The molecule has 142 valence electrons. The Morgan fingerprint density at radius 1 is 1.23 bits per heavy atom. The number of halogens is 1. The molecule has 0 spiro atoms.